The summed E-state index contributed by atoms with van der Waals surface area (Å²) < 4.78 is 34.2. The molecule has 0 atom stereocenters. The second-order valence-electron chi connectivity index (χ2n) is 7.63. The lowest BCUT2D eigenvalue weighted by Crippen LogP contribution is -2.42. The Morgan fingerprint density at radius 3 is 2.33 bits per heavy atom. The molecule has 7 heteroatoms. The van der Waals surface area contributed by atoms with Gasteiger partial charge < -0.3 is 10.1 Å². The highest BCUT2D eigenvalue weighted by Crippen LogP contribution is 2.42. The molecule has 170 valence electrons. The van der Waals surface area contributed by atoms with Gasteiger partial charge in [0.05, 0.1) is 12.2 Å². The van der Waals surface area contributed by atoms with Crippen molar-refractivity contribution in [1.29, 1.82) is 0 Å². The molecular formula is C26H26N2O4S. The van der Waals surface area contributed by atoms with Crippen LogP contribution in [-0.4, -0.2) is 34.0 Å². The van der Waals surface area contributed by atoms with Crippen molar-refractivity contribution in [3.05, 3.63) is 100 Å². The van der Waals surface area contributed by atoms with Gasteiger partial charge in [-0.05, 0) is 37.1 Å². The molecule has 1 amide bonds. The van der Waals surface area contributed by atoms with E-state index in [0.29, 0.717) is 22.4 Å². The Balaban J connectivity index is 1.70. The summed E-state index contributed by atoms with van der Waals surface area (Å²) >= 11 is 0. The molecule has 1 N–H and O–H groups in total. The number of sulfonamides is 1. The van der Waals surface area contributed by atoms with Gasteiger partial charge in [-0.1, -0.05) is 66.7 Å². The van der Waals surface area contributed by atoms with Crippen molar-refractivity contribution in [3.8, 4) is 5.75 Å². The van der Waals surface area contributed by atoms with Crippen molar-refractivity contribution >= 4 is 27.2 Å². The third-order valence-electron chi connectivity index (χ3n) is 5.51. The smallest absolute Gasteiger partial charge is 0.270 e. The molecule has 0 fully saturated rings. The minimum absolute atomic E-state index is 0.169. The number of para-hydroxylation sites is 2. The van der Waals surface area contributed by atoms with Crippen LogP contribution in [0.25, 0.3) is 5.57 Å². The number of hydrogen-bond acceptors (Lipinski definition) is 4. The summed E-state index contributed by atoms with van der Waals surface area (Å²) in [5, 5.41) is 2.75. The zero-order valence-corrected chi connectivity index (χ0v) is 19.4. The number of fused-ring (bicyclic) bond motifs is 1. The molecule has 0 aromatic heterocycles. The number of nitrogens with one attached hydrogen (secondary N) is 1. The lowest BCUT2D eigenvalue weighted by molar-refractivity contribution is -0.116. The number of anilines is 1. The summed E-state index contributed by atoms with van der Waals surface area (Å²) in [4.78, 5) is 13.1. The number of carbonyl (C=O) groups is 1. The third kappa shape index (κ3) is 4.36. The van der Waals surface area contributed by atoms with Crippen LogP contribution in [0.2, 0.25) is 0 Å². The quantitative estimate of drug-likeness (QED) is 0.536. The number of carbonyl (C=O) groups excluding carboxylic acids is 1. The fraction of sp³-hybridized carbons (Fsp3) is 0.192. The van der Waals surface area contributed by atoms with E-state index in [2.05, 4.69) is 5.32 Å². The molecule has 0 spiro atoms. The molecular weight excluding hydrogens is 436 g/mol. The van der Waals surface area contributed by atoms with Crippen LogP contribution >= 0.6 is 0 Å². The minimum Gasteiger partial charge on any atom is -0.491 e. The average Bonchev–Trinajstić information content (AvgIpc) is 2.82. The standard InChI is InChI=1S/C26H26N2O4S/c1-3-28-22-15-9-8-14-21(22)24(20-12-5-4-6-13-20)25(33(28,30)31)26(29)27-17-18-32-23-16-10-7-11-19(23)2/h4-16H,3,17-18H2,1-2H3,(H,27,29). The predicted molar refractivity (Wildman–Crippen MR) is 131 cm³/mol. The van der Waals surface area contributed by atoms with Crippen LogP contribution in [0.15, 0.2) is 83.8 Å². The highest BCUT2D eigenvalue weighted by Gasteiger charge is 2.40. The first-order chi connectivity index (χ1) is 15.9. The van der Waals surface area contributed by atoms with E-state index in [1.165, 1.54) is 4.31 Å². The van der Waals surface area contributed by atoms with Crippen LogP contribution in [0.5, 0.6) is 5.75 Å². The molecule has 1 heterocycles. The fourth-order valence-corrected chi connectivity index (χ4v) is 5.75. The van der Waals surface area contributed by atoms with Gasteiger partial charge in [-0.25, -0.2) is 8.42 Å². The summed E-state index contributed by atoms with van der Waals surface area (Å²) in [5.74, 6) is 0.0857. The lowest BCUT2D eigenvalue weighted by atomic mass is 9.95. The Morgan fingerprint density at radius 2 is 1.61 bits per heavy atom. The molecule has 0 unspecified atom stereocenters. The average molecular weight is 463 g/mol. The highest BCUT2D eigenvalue weighted by molar-refractivity contribution is 7.97. The van der Waals surface area contributed by atoms with E-state index in [9.17, 15) is 13.2 Å². The molecule has 3 aromatic rings. The Labute approximate surface area is 194 Å². The summed E-state index contributed by atoms with van der Waals surface area (Å²) in [6.45, 7) is 4.30. The molecule has 0 saturated carbocycles. The monoisotopic (exact) mass is 462 g/mol. The molecule has 33 heavy (non-hydrogen) atoms. The first-order valence-corrected chi connectivity index (χ1v) is 12.3. The van der Waals surface area contributed by atoms with Gasteiger partial charge in [0.25, 0.3) is 15.9 Å². The van der Waals surface area contributed by atoms with Gasteiger partial charge in [0, 0.05) is 17.7 Å². The normalized spacial score (nSPS) is 14.5. The molecule has 1 aliphatic heterocycles. The molecule has 0 bridgehead atoms. The van der Waals surface area contributed by atoms with E-state index in [1.807, 2.05) is 73.7 Å². The maximum Gasteiger partial charge on any atom is 0.270 e. The number of nitrogens with zero attached hydrogens (tertiary/aromatic N) is 1. The van der Waals surface area contributed by atoms with Gasteiger partial charge in [-0.15, -0.1) is 0 Å². The molecule has 6 nitrogen and oxygen atoms in total. The maximum absolute atomic E-state index is 13.6. The zero-order chi connectivity index (χ0) is 23.4. The predicted octanol–water partition coefficient (Wildman–Crippen LogP) is 4.12. The van der Waals surface area contributed by atoms with Crippen molar-refractivity contribution in [1.82, 2.24) is 5.32 Å². The van der Waals surface area contributed by atoms with E-state index in [-0.39, 0.29) is 24.6 Å². The maximum atomic E-state index is 13.6. The third-order valence-corrected chi connectivity index (χ3v) is 7.45. The zero-order valence-electron chi connectivity index (χ0n) is 18.6. The molecule has 0 saturated heterocycles. The number of hydrogen-bond donors (Lipinski definition) is 1. The first kappa shape index (κ1) is 22.6. The van der Waals surface area contributed by atoms with E-state index in [4.69, 9.17) is 4.74 Å². The van der Waals surface area contributed by atoms with Crippen molar-refractivity contribution < 1.29 is 17.9 Å². The van der Waals surface area contributed by atoms with E-state index in [0.717, 1.165) is 11.3 Å². The number of rotatable bonds is 7. The molecule has 0 aliphatic carbocycles. The number of aryl methyl sites for hydroxylation is 1. The fourth-order valence-electron chi connectivity index (χ4n) is 3.98. The molecule has 4 rings (SSSR count). The second-order valence-corrected chi connectivity index (χ2v) is 9.43. The van der Waals surface area contributed by atoms with E-state index >= 15 is 0 Å². The minimum atomic E-state index is -4.06. The van der Waals surface area contributed by atoms with Crippen molar-refractivity contribution in [2.75, 3.05) is 24.0 Å². The molecule has 3 aromatic carbocycles. The number of amides is 1. The van der Waals surface area contributed by atoms with Gasteiger partial charge in [-0.2, -0.15) is 0 Å². The Bertz CT molecular complexity index is 1300. The summed E-state index contributed by atoms with van der Waals surface area (Å²) in [7, 11) is -4.06. The van der Waals surface area contributed by atoms with Gasteiger partial charge in [0.15, 0.2) is 4.91 Å². The summed E-state index contributed by atoms with van der Waals surface area (Å²) in [6.07, 6.45) is 0. The van der Waals surface area contributed by atoms with Crippen molar-refractivity contribution in [2.24, 2.45) is 0 Å². The van der Waals surface area contributed by atoms with E-state index in [1.54, 1.807) is 19.1 Å². The molecule has 0 radical (unpaired) electrons. The second kappa shape index (κ2) is 9.50. The highest BCUT2D eigenvalue weighted by atomic mass is 32.2. The van der Waals surface area contributed by atoms with Crippen LogP contribution in [0.1, 0.15) is 23.6 Å². The van der Waals surface area contributed by atoms with Crippen molar-refractivity contribution in [3.63, 3.8) is 0 Å². The SMILES string of the molecule is CCN1c2ccccc2C(c2ccccc2)=C(C(=O)NCCOc2ccccc2C)S1(=O)=O. The van der Waals surface area contributed by atoms with E-state index < -0.39 is 15.9 Å². The van der Waals surface area contributed by atoms with Gasteiger partial charge in [0.2, 0.25) is 0 Å². The van der Waals surface area contributed by atoms with Gasteiger partial charge in [0.1, 0.15) is 12.4 Å². The molecule has 1 aliphatic rings. The summed E-state index contributed by atoms with van der Waals surface area (Å²) in [6, 6.07) is 24.0. The lowest BCUT2D eigenvalue weighted by Gasteiger charge is -2.32. The Hall–Kier alpha value is -3.58. The Morgan fingerprint density at radius 1 is 0.939 bits per heavy atom. The van der Waals surface area contributed by atoms with Crippen molar-refractivity contribution in [2.45, 2.75) is 13.8 Å². The van der Waals surface area contributed by atoms with Crippen LogP contribution < -0.4 is 14.4 Å². The number of ether oxygens (including phenoxy) is 1. The van der Waals surface area contributed by atoms with Gasteiger partial charge >= 0.3 is 0 Å². The first-order valence-electron chi connectivity index (χ1n) is 10.8. The van der Waals surface area contributed by atoms with Crippen LogP contribution in [0.3, 0.4) is 0 Å². The Kier molecular flexibility index (Phi) is 6.51. The van der Waals surface area contributed by atoms with Gasteiger partial charge in [-0.3, -0.25) is 9.10 Å². The van der Waals surface area contributed by atoms with Crippen LogP contribution in [0.4, 0.5) is 5.69 Å². The largest absolute Gasteiger partial charge is 0.491 e. The topological polar surface area (TPSA) is 75.7 Å². The summed E-state index contributed by atoms with van der Waals surface area (Å²) in [5.41, 5.74) is 3.35. The number of benzene rings is 3. The van der Waals surface area contributed by atoms with Crippen LogP contribution in [-0.2, 0) is 14.8 Å². The van der Waals surface area contributed by atoms with Crippen LogP contribution in [0, 0.1) is 6.92 Å².